The summed E-state index contributed by atoms with van der Waals surface area (Å²) in [6.45, 7) is 0. The van der Waals surface area contributed by atoms with Crippen molar-refractivity contribution in [1.82, 2.24) is 0 Å². The van der Waals surface area contributed by atoms with Crippen LogP contribution in [0.5, 0.6) is 11.5 Å². The van der Waals surface area contributed by atoms with E-state index in [1.807, 2.05) is 0 Å². The zero-order valence-electron chi connectivity index (χ0n) is 25.1. The maximum atomic E-state index is 6.44. The number of hydrogen-bond acceptors (Lipinski definition) is 1. The molecule has 1 aliphatic heterocycles. The molecule has 1 unspecified atom stereocenters. The van der Waals surface area contributed by atoms with Gasteiger partial charge in [-0.15, -0.1) is 0 Å². The van der Waals surface area contributed by atoms with Crippen molar-refractivity contribution in [2.45, 2.75) is 5.41 Å². The van der Waals surface area contributed by atoms with Gasteiger partial charge < -0.3 is 4.74 Å². The molecule has 0 saturated heterocycles. The van der Waals surface area contributed by atoms with Crippen LogP contribution in [0.2, 0.25) is 0 Å². The SMILES string of the molecule is c1ccc(C2(c3ccc4ccccc4c3)c3ccccc3-c3ccc(-c4ccc5c(c4)-c4cccc6cccc(c46)O5)cc32)cc1. The average molecular weight is 585 g/mol. The topological polar surface area (TPSA) is 9.23 Å². The van der Waals surface area contributed by atoms with E-state index in [0.717, 1.165) is 17.1 Å². The highest BCUT2D eigenvalue weighted by Gasteiger charge is 2.46. The normalized spacial score (nSPS) is 15.7. The summed E-state index contributed by atoms with van der Waals surface area (Å²) in [6, 6.07) is 62.2. The quantitative estimate of drug-likeness (QED) is 0.201. The summed E-state index contributed by atoms with van der Waals surface area (Å²) in [5.74, 6) is 1.82. The Morgan fingerprint density at radius 2 is 1.04 bits per heavy atom. The summed E-state index contributed by atoms with van der Waals surface area (Å²) in [7, 11) is 0. The Labute approximate surface area is 268 Å². The van der Waals surface area contributed by atoms with Gasteiger partial charge in [0.05, 0.1) is 5.41 Å². The van der Waals surface area contributed by atoms with Crippen molar-refractivity contribution in [1.29, 1.82) is 0 Å². The lowest BCUT2D eigenvalue weighted by Crippen LogP contribution is -2.28. The molecule has 0 bridgehead atoms. The van der Waals surface area contributed by atoms with Crippen LogP contribution in [-0.2, 0) is 5.41 Å². The second-order valence-electron chi connectivity index (χ2n) is 12.5. The molecule has 1 aliphatic carbocycles. The van der Waals surface area contributed by atoms with Gasteiger partial charge in [-0.3, -0.25) is 0 Å². The Morgan fingerprint density at radius 1 is 0.348 bits per heavy atom. The highest BCUT2D eigenvalue weighted by atomic mass is 16.5. The third-order valence-electron chi connectivity index (χ3n) is 10.1. The van der Waals surface area contributed by atoms with Crippen LogP contribution in [0, 0.1) is 0 Å². The van der Waals surface area contributed by atoms with E-state index >= 15 is 0 Å². The fourth-order valence-electron chi connectivity index (χ4n) is 8.10. The number of benzene rings is 8. The first-order valence-electron chi connectivity index (χ1n) is 15.9. The van der Waals surface area contributed by atoms with E-state index in [-0.39, 0.29) is 0 Å². The lowest BCUT2D eigenvalue weighted by Gasteiger charge is -2.34. The maximum absolute atomic E-state index is 6.44. The van der Waals surface area contributed by atoms with Gasteiger partial charge in [0.2, 0.25) is 0 Å². The van der Waals surface area contributed by atoms with E-state index in [1.54, 1.807) is 0 Å². The van der Waals surface area contributed by atoms with Crippen molar-refractivity contribution in [3.63, 3.8) is 0 Å². The molecule has 0 amide bonds. The average Bonchev–Trinajstić information content (AvgIpc) is 3.42. The summed E-state index contributed by atoms with van der Waals surface area (Å²) in [6.07, 6.45) is 0. The number of ether oxygens (including phenoxy) is 1. The molecule has 8 aromatic rings. The first kappa shape index (κ1) is 25.4. The van der Waals surface area contributed by atoms with Crippen molar-refractivity contribution in [2.75, 3.05) is 0 Å². The molecule has 0 fully saturated rings. The van der Waals surface area contributed by atoms with Gasteiger partial charge in [0.1, 0.15) is 11.5 Å². The molecule has 214 valence electrons. The molecule has 0 aromatic heterocycles. The Balaban J connectivity index is 1.23. The number of fused-ring (bicyclic) bond motifs is 6. The maximum Gasteiger partial charge on any atom is 0.135 e. The first-order valence-corrected chi connectivity index (χ1v) is 15.9. The summed E-state index contributed by atoms with van der Waals surface area (Å²) >= 11 is 0. The Morgan fingerprint density at radius 3 is 1.96 bits per heavy atom. The Bertz CT molecular complexity index is 2500. The highest BCUT2D eigenvalue weighted by Crippen LogP contribution is 2.57. The molecule has 46 heavy (non-hydrogen) atoms. The van der Waals surface area contributed by atoms with Gasteiger partial charge in [-0.05, 0) is 96.6 Å². The minimum atomic E-state index is -0.463. The number of hydrogen-bond donors (Lipinski definition) is 0. The molecule has 8 aromatic carbocycles. The third-order valence-corrected chi connectivity index (χ3v) is 10.1. The fourth-order valence-corrected chi connectivity index (χ4v) is 8.10. The fraction of sp³-hybridized carbons (Fsp3) is 0.0222. The van der Waals surface area contributed by atoms with E-state index in [0.29, 0.717) is 0 Å². The lowest BCUT2D eigenvalue weighted by atomic mass is 9.67. The van der Waals surface area contributed by atoms with Gasteiger partial charge in [-0.25, -0.2) is 0 Å². The Hall–Kier alpha value is -5.92. The molecular weight excluding hydrogens is 556 g/mol. The minimum absolute atomic E-state index is 0.463. The van der Waals surface area contributed by atoms with Crippen molar-refractivity contribution >= 4 is 21.5 Å². The smallest absolute Gasteiger partial charge is 0.135 e. The predicted molar refractivity (Wildman–Crippen MR) is 190 cm³/mol. The van der Waals surface area contributed by atoms with Gasteiger partial charge >= 0.3 is 0 Å². The highest BCUT2D eigenvalue weighted by molar-refractivity contribution is 6.04. The standard InChI is InChI=1S/C45H28O/c1-2-14-34(15-3-1)45(35-23-20-29-10-4-5-11-31(29)26-35)40-18-7-6-16-36(40)37-24-21-33(28-41(37)45)32-22-25-42-39(27-32)38-17-8-12-30-13-9-19-43(46-42)44(30)38/h1-28H. The molecule has 0 radical (unpaired) electrons. The summed E-state index contributed by atoms with van der Waals surface area (Å²) < 4.78 is 6.44. The van der Waals surface area contributed by atoms with Gasteiger partial charge in [0.15, 0.2) is 0 Å². The van der Waals surface area contributed by atoms with Crippen LogP contribution < -0.4 is 4.74 Å². The van der Waals surface area contributed by atoms with Crippen LogP contribution in [0.1, 0.15) is 22.3 Å². The van der Waals surface area contributed by atoms with Gasteiger partial charge in [0, 0.05) is 10.9 Å². The van der Waals surface area contributed by atoms with Crippen molar-refractivity contribution < 1.29 is 4.74 Å². The van der Waals surface area contributed by atoms with E-state index in [1.165, 1.54) is 71.6 Å². The summed E-state index contributed by atoms with van der Waals surface area (Å²) in [5, 5.41) is 4.88. The van der Waals surface area contributed by atoms with Crippen LogP contribution in [0.25, 0.3) is 54.9 Å². The van der Waals surface area contributed by atoms with Gasteiger partial charge in [-0.1, -0.05) is 140 Å². The molecule has 10 rings (SSSR count). The third kappa shape index (κ3) is 3.46. The van der Waals surface area contributed by atoms with Crippen LogP contribution >= 0.6 is 0 Å². The number of rotatable bonds is 3. The van der Waals surface area contributed by atoms with E-state index in [9.17, 15) is 0 Å². The van der Waals surface area contributed by atoms with E-state index in [4.69, 9.17) is 4.74 Å². The van der Waals surface area contributed by atoms with Crippen LogP contribution in [0.3, 0.4) is 0 Å². The van der Waals surface area contributed by atoms with E-state index in [2.05, 4.69) is 170 Å². The van der Waals surface area contributed by atoms with Crippen molar-refractivity contribution in [2.24, 2.45) is 0 Å². The zero-order valence-corrected chi connectivity index (χ0v) is 25.1. The van der Waals surface area contributed by atoms with Crippen LogP contribution in [-0.4, -0.2) is 0 Å². The molecule has 1 nitrogen and oxygen atoms in total. The largest absolute Gasteiger partial charge is 0.456 e. The molecule has 0 saturated carbocycles. The second kappa shape index (κ2) is 9.54. The molecular formula is C45H28O. The summed E-state index contributed by atoms with van der Waals surface area (Å²) in [5.41, 5.74) is 12.0. The first-order chi connectivity index (χ1) is 22.8. The van der Waals surface area contributed by atoms with Gasteiger partial charge in [0.25, 0.3) is 0 Å². The molecule has 1 atom stereocenters. The van der Waals surface area contributed by atoms with Gasteiger partial charge in [-0.2, -0.15) is 0 Å². The molecule has 2 aliphatic rings. The molecule has 0 N–H and O–H groups in total. The van der Waals surface area contributed by atoms with Crippen LogP contribution in [0.15, 0.2) is 170 Å². The zero-order chi connectivity index (χ0) is 30.2. The lowest BCUT2D eigenvalue weighted by molar-refractivity contribution is 0.487. The minimum Gasteiger partial charge on any atom is -0.456 e. The Kier molecular flexibility index (Phi) is 5.27. The second-order valence-corrected chi connectivity index (χ2v) is 12.5. The summed E-state index contributed by atoms with van der Waals surface area (Å²) in [4.78, 5) is 0. The predicted octanol–water partition coefficient (Wildman–Crippen LogP) is 11.8. The van der Waals surface area contributed by atoms with Crippen molar-refractivity contribution in [3.05, 3.63) is 192 Å². The van der Waals surface area contributed by atoms with Crippen LogP contribution in [0.4, 0.5) is 0 Å². The monoisotopic (exact) mass is 584 g/mol. The molecule has 1 heteroatoms. The molecule has 0 spiro atoms. The molecule has 1 heterocycles. The van der Waals surface area contributed by atoms with Crippen molar-refractivity contribution in [3.8, 4) is 44.9 Å². The van der Waals surface area contributed by atoms with E-state index < -0.39 is 5.41 Å².